The molecule has 2 nitrogen and oxygen atoms in total. The summed E-state index contributed by atoms with van der Waals surface area (Å²) >= 11 is 0. The standard InChI is InChI=1S/C44H35NO/c1-44(2,3)40-28-33(37-18-11-15-32-14-7-8-16-36(32)37)22-27-41(40)45(34-23-20-31(21-24-34)30-12-5-4-6-13-30)35-25-26-39-38-17-9-10-19-42(38)46-43(39)29-35/h4-29H,1-3H3. The Kier molecular flexibility index (Phi) is 6.73. The molecule has 1 heterocycles. The average molecular weight is 594 g/mol. The van der Waals surface area contributed by atoms with Gasteiger partial charge in [0.2, 0.25) is 0 Å². The number of nitrogens with zero attached hydrogens (tertiary/aromatic N) is 1. The summed E-state index contributed by atoms with van der Waals surface area (Å²) in [6.45, 7) is 6.91. The molecule has 7 aromatic carbocycles. The van der Waals surface area contributed by atoms with Gasteiger partial charge in [0, 0.05) is 33.9 Å². The normalized spacial score (nSPS) is 11.8. The summed E-state index contributed by atoms with van der Waals surface area (Å²) in [5, 5.41) is 4.78. The third kappa shape index (κ3) is 4.93. The van der Waals surface area contributed by atoms with Gasteiger partial charge in [-0.15, -0.1) is 0 Å². The molecule has 222 valence electrons. The molecule has 8 aromatic rings. The van der Waals surface area contributed by atoms with Crippen LogP contribution in [0, 0.1) is 0 Å². The summed E-state index contributed by atoms with van der Waals surface area (Å²) in [5.74, 6) is 0. The number of benzene rings is 7. The highest BCUT2D eigenvalue weighted by molar-refractivity contribution is 6.06. The fraction of sp³-hybridized carbons (Fsp3) is 0.0909. The summed E-state index contributed by atoms with van der Waals surface area (Å²) < 4.78 is 6.38. The van der Waals surface area contributed by atoms with Crippen LogP contribution in [-0.2, 0) is 5.41 Å². The van der Waals surface area contributed by atoms with E-state index in [4.69, 9.17) is 4.42 Å². The second-order valence-electron chi connectivity index (χ2n) is 13.0. The summed E-state index contributed by atoms with van der Waals surface area (Å²) in [6, 6.07) is 56.5. The highest BCUT2D eigenvalue weighted by atomic mass is 16.3. The fourth-order valence-electron chi connectivity index (χ4n) is 6.69. The molecule has 0 fully saturated rings. The minimum absolute atomic E-state index is 0.123. The topological polar surface area (TPSA) is 16.4 Å². The molecule has 0 N–H and O–H groups in total. The van der Waals surface area contributed by atoms with E-state index in [-0.39, 0.29) is 5.41 Å². The summed E-state index contributed by atoms with van der Waals surface area (Å²) in [4.78, 5) is 2.38. The second kappa shape index (κ2) is 11.1. The first-order valence-corrected chi connectivity index (χ1v) is 15.9. The highest BCUT2D eigenvalue weighted by Gasteiger charge is 2.25. The Morgan fingerprint density at radius 2 is 1.09 bits per heavy atom. The van der Waals surface area contributed by atoms with E-state index in [1.165, 1.54) is 38.6 Å². The van der Waals surface area contributed by atoms with Crippen molar-refractivity contribution in [2.24, 2.45) is 0 Å². The molecule has 0 radical (unpaired) electrons. The maximum absolute atomic E-state index is 6.38. The van der Waals surface area contributed by atoms with Crippen molar-refractivity contribution in [3.63, 3.8) is 0 Å². The molecule has 0 atom stereocenters. The van der Waals surface area contributed by atoms with Gasteiger partial charge in [-0.05, 0) is 86.5 Å². The Morgan fingerprint density at radius 1 is 0.457 bits per heavy atom. The van der Waals surface area contributed by atoms with E-state index in [2.05, 4.69) is 171 Å². The Morgan fingerprint density at radius 3 is 1.89 bits per heavy atom. The van der Waals surface area contributed by atoms with Gasteiger partial charge in [0.05, 0.1) is 0 Å². The van der Waals surface area contributed by atoms with Crippen LogP contribution in [0.5, 0.6) is 0 Å². The quantitative estimate of drug-likeness (QED) is 0.197. The van der Waals surface area contributed by atoms with E-state index in [1.54, 1.807) is 0 Å². The lowest BCUT2D eigenvalue weighted by Crippen LogP contribution is -2.19. The van der Waals surface area contributed by atoms with Crippen molar-refractivity contribution in [3.05, 3.63) is 163 Å². The Balaban J connectivity index is 1.33. The van der Waals surface area contributed by atoms with Gasteiger partial charge < -0.3 is 9.32 Å². The van der Waals surface area contributed by atoms with E-state index in [0.29, 0.717) is 0 Å². The molecular formula is C44H35NO. The zero-order valence-corrected chi connectivity index (χ0v) is 26.4. The predicted molar refractivity (Wildman–Crippen MR) is 195 cm³/mol. The van der Waals surface area contributed by atoms with Gasteiger partial charge in [0.1, 0.15) is 11.2 Å². The zero-order chi connectivity index (χ0) is 31.3. The van der Waals surface area contributed by atoms with Crippen molar-refractivity contribution < 1.29 is 4.42 Å². The van der Waals surface area contributed by atoms with Crippen LogP contribution in [0.25, 0.3) is 55.0 Å². The zero-order valence-electron chi connectivity index (χ0n) is 26.4. The van der Waals surface area contributed by atoms with Crippen molar-refractivity contribution in [1.82, 2.24) is 0 Å². The van der Waals surface area contributed by atoms with Gasteiger partial charge in [-0.2, -0.15) is 0 Å². The van der Waals surface area contributed by atoms with E-state index >= 15 is 0 Å². The molecule has 0 bridgehead atoms. The van der Waals surface area contributed by atoms with Crippen molar-refractivity contribution in [2.75, 3.05) is 4.90 Å². The van der Waals surface area contributed by atoms with Crippen molar-refractivity contribution >= 4 is 49.8 Å². The largest absolute Gasteiger partial charge is 0.456 e. The van der Waals surface area contributed by atoms with Gasteiger partial charge in [-0.25, -0.2) is 0 Å². The summed E-state index contributed by atoms with van der Waals surface area (Å²) in [6.07, 6.45) is 0. The maximum Gasteiger partial charge on any atom is 0.137 e. The van der Waals surface area contributed by atoms with E-state index < -0.39 is 0 Å². The van der Waals surface area contributed by atoms with Crippen LogP contribution in [0.4, 0.5) is 17.1 Å². The van der Waals surface area contributed by atoms with Crippen LogP contribution in [0.2, 0.25) is 0 Å². The third-order valence-electron chi connectivity index (χ3n) is 9.00. The number of anilines is 3. The number of fused-ring (bicyclic) bond motifs is 4. The van der Waals surface area contributed by atoms with Crippen LogP contribution in [0.15, 0.2) is 162 Å². The molecule has 8 rings (SSSR count). The van der Waals surface area contributed by atoms with Gasteiger partial charge in [-0.3, -0.25) is 0 Å². The molecule has 0 aliphatic heterocycles. The fourth-order valence-corrected chi connectivity index (χ4v) is 6.69. The lowest BCUT2D eigenvalue weighted by molar-refractivity contribution is 0.591. The minimum Gasteiger partial charge on any atom is -0.456 e. The first-order valence-electron chi connectivity index (χ1n) is 15.9. The summed E-state index contributed by atoms with van der Waals surface area (Å²) in [5.41, 5.74) is 11.1. The van der Waals surface area contributed by atoms with Crippen molar-refractivity contribution in [1.29, 1.82) is 0 Å². The average Bonchev–Trinajstić information content (AvgIpc) is 3.46. The van der Waals surface area contributed by atoms with Crippen LogP contribution in [-0.4, -0.2) is 0 Å². The molecule has 0 aliphatic rings. The molecule has 0 spiro atoms. The molecule has 0 saturated heterocycles. The Labute approximate surface area is 270 Å². The lowest BCUT2D eigenvalue weighted by atomic mass is 9.83. The smallest absolute Gasteiger partial charge is 0.137 e. The molecule has 46 heavy (non-hydrogen) atoms. The number of furan rings is 1. The first kappa shape index (κ1) is 27.9. The highest BCUT2D eigenvalue weighted by Crippen LogP contribution is 2.45. The SMILES string of the molecule is CC(C)(C)c1cc(-c2cccc3ccccc23)ccc1N(c1ccc(-c2ccccc2)cc1)c1ccc2c(c1)oc1ccccc12. The van der Waals surface area contributed by atoms with E-state index in [9.17, 15) is 0 Å². The maximum atomic E-state index is 6.38. The number of rotatable bonds is 5. The van der Waals surface area contributed by atoms with Crippen LogP contribution in [0.1, 0.15) is 26.3 Å². The van der Waals surface area contributed by atoms with Gasteiger partial charge in [-0.1, -0.05) is 130 Å². The van der Waals surface area contributed by atoms with Crippen LogP contribution in [0.3, 0.4) is 0 Å². The number of hydrogen-bond acceptors (Lipinski definition) is 2. The first-order chi connectivity index (χ1) is 22.4. The third-order valence-corrected chi connectivity index (χ3v) is 9.00. The summed E-state index contributed by atoms with van der Waals surface area (Å²) in [7, 11) is 0. The van der Waals surface area contributed by atoms with Crippen molar-refractivity contribution in [2.45, 2.75) is 26.2 Å². The molecule has 0 aliphatic carbocycles. The van der Waals surface area contributed by atoms with Crippen molar-refractivity contribution in [3.8, 4) is 22.3 Å². The second-order valence-corrected chi connectivity index (χ2v) is 13.0. The molecule has 0 amide bonds. The molecule has 0 saturated carbocycles. The number of para-hydroxylation sites is 1. The van der Waals surface area contributed by atoms with Crippen LogP contribution >= 0.6 is 0 Å². The Bertz CT molecular complexity index is 2330. The Hall–Kier alpha value is -5.60. The monoisotopic (exact) mass is 593 g/mol. The van der Waals surface area contributed by atoms with E-state index in [0.717, 1.165) is 39.0 Å². The van der Waals surface area contributed by atoms with Gasteiger partial charge >= 0.3 is 0 Å². The molecular weight excluding hydrogens is 558 g/mol. The molecule has 1 aromatic heterocycles. The van der Waals surface area contributed by atoms with E-state index in [1.807, 2.05) is 12.1 Å². The minimum atomic E-state index is -0.123. The molecule has 0 unspecified atom stereocenters. The van der Waals surface area contributed by atoms with Crippen LogP contribution < -0.4 is 4.90 Å². The predicted octanol–water partition coefficient (Wildman–Crippen LogP) is 12.8. The van der Waals surface area contributed by atoms with Gasteiger partial charge in [0.15, 0.2) is 0 Å². The lowest BCUT2D eigenvalue weighted by Gasteiger charge is -2.32. The molecule has 2 heteroatoms. The number of hydrogen-bond donors (Lipinski definition) is 0. The van der Waals surface area contributed by atoms with Gasteiger partial charge in [0.25, 0.3) is 0 Å².